The molecule has 0 saturated heterocycles. The number of unbranched alkanes of at least 4 members (excludes halogenated alkanes) is 1. The standard InChI is InChI=1S/C14H22N2O2/c1-3-4-9-16-14(17)10-18-13-7-5-12(6-8-13)11(2)15/h5-8,11H,3-4,9-10,15H2,1-2H3,(H,16,17)/t11-/m0/s1. The van der Waals surface area contributed by atoms with Crippen molar-refractivity contribution < 1.29 is 9.53 Å². The van der Waals surface area contributed by atoms with Gasteiger partial charge in [0.25, 0.3) is 5.91 Å². The Morgan fingerprint density at radius 3 is 2.61 bits per heavy atom. The number of hydrogen-bond donors (Lipinski definition) is 2. The smallest absolute Gasteiger partial charge is 0.257 e. The first kappa shape index (κ1) is 14.5. The Hall–Kier alpha value is -1.55. The molecule has 0 aliphatic carbocycles. The third kappa shape index (κ3) is 5.19. The number of benzene rings is 1. The fourth-order valence-corrected chi connectivity index (χ4v) is 1.47. The maximum atomic E-state index is 11.4. The third-order valence-electron chi connectivity index (χ3n) is 2.63. The van der Waals surface area contributed by atoms with E-state index in [0.29, 0.717) is 12.3 Å². The van der Waals surface area contributed by atoms with Gasteiger partial charge in [0.2, 0.25) is 0 Å². The van der Waals surface area contributed by atoms with Crippen LogP contribution in [0, 0.1) is 0 Å². The summed E-state index contributed by atoms with van der Waals surface area (Å²) in [6.07, 6.45) is 2.06. The molecule has 3 N–H and O–H groups in total. The Bertz CT molecular complexity index is 361. The molecule has 1 rings (SSSR count). The largest absolute Gasteiger partial charge is 0.484 e. The summed E-state index contributed by atoms with van der Waals surface area (Å²) in [6.45, 7) is 4.78. The van der Waals surface area contributed by atoms with Gasteiger partial charge in [-0.3, -0.25) is 4.79 Å². The van der Waals surface area contributed by atoms with Crippen LogP contribution in [-0.4, -0.2) is 19.1 Å². The molecular formula is C14H22N2O2. The number of hydrogen-bond acceptors (Lipinski definition) is 3. The normalized spacial score (nSPS) is 11.9. The van der Waals surface area contributed by atoms with Crippen molar-refractivity contribution in [1.82, 2.24) is 5.32 Å². The number of carbonyl (C=O) groups excluding carboxylic acids is 1. The zero-order valence-electron chi connectivity index (χ0n) is 11.1. The molecule has 0 radical (unpaired) electrons. The fourth-order valence-electron chi connectivity index (χ4n) is 1.47. The molecule has 0 fully saturated rings. The van der Waals surface area contributed by atoms with Crippen LogP contribution in [0.5, 0.6) is 5.75 Å². The van der Waals surface area contributed by atoms with Gasteiger partial charge in [0, 0.05) is 12.6 Å². The third-order valence-corrected chi connectivity index (χ3v) is 2.63. The Labute approximate surface area is 109 Å². The maximum Gasteiger partial charge on any atom is 0.257 e. The van der Waals surface area contributed by atoms with Crippen LogP contribution in [0.15, 0.2) is 24.3 Å². The molecule has 0 aromatic heterocycles. The molecule has 1 atom stereocenters. The lowest BCUT2D eigenvalue weighted by molar-refractivity contribution is -0.123. The van der Waals surface area contributed by atoms with E-state index in [-0.39, 0.29) is 18.6 Å². The van der Waals surface area contributed by atoms with Crippen molar-refractivity contribution in [3.8, 4) is 5.75 Å². The van der Waals surface area contributed by atoms with Gasteiger partial charge in [0.05, 0.1) is 0 Å². The summed E-state index contributed by atoms with van der Waals surface area (Å²) in [6, 6.07) is 7.50. The van der Waals surface area contributed by atoms with E-state index in [1.807, 2.05) is 31.2 Å². The van der Waals surface area contributed by atoms with E-state index >= 15 is 0 Å². The highest BCUT2D eigenvalue weighted by molar-refractivity contribution is 5.77. The molecule has 1 amide bonds. The molecule has 0 saturated carbocycles. The summed E-state index contributed by atoms with van der Waals surface area (Å²) in [4.78, 5) is 11.4. The lowest BCUT2D eigenvalue weighted by Gasteiger charge is -2.09. The van der Waals surface area contributed by atoms with E-state index in [9.17, 15) is 4.79 Å². The van der Waals surface area contributed by atoms with Crippen LogP contribution < -0.4 is 15.8 Å². The lowest BCUT2D eigenvalue weighted by Crippen LogP contribution is -2.29. The zero-order chi connectivity index (χ0) is 13.4. The van der Waals surface area contributed by atoms with Gasteiger partial charge < -0.3 is 15.8 Å². The van der Waals surface area contributed by atoms with E-state index in [2.05, 4.69) is 12.2 Å². The number of carbonyl (C=O) groups is 1. The Balaban J connectivity index is 2.32. The molecule has 1 aromatic carbocycles. The highest BCUT2D eigenvalue weighted by Gasteiger charge is 2.03. The number of ether oxygens (including phenoxy) is 1. The molecule has 4 nitrogen and oxygen atoms in total. The summed E-state index contributed by atoms with van der Waals surface area (Å²) in [7, 11) is 0. The zero-order valence-corrected chi connectivity index (χ0v) is 11.1. The minimum absolute atomic E-state index is 0.0105. The lowest BCUT2D eigenvalue weighted by atomic mass is 10.1. The van der Waals surface area contributed by atoms with Gasteiger partial charge in [0.1, 0.15) is 5.75 Å². The molecule has 0 bridgehead atoms. The maximum absolute atomic E-state index is 11.4. The molecule has 18 heavy (non-hydrogen) atoms. The molecule has 0 aliphatic heterocycles. The average molecular weight is 250 g/mol. The molecule has 0 spiro atoms. The van der Waals surface area contributed by atoms with Crippen molar-refractivity contribution in [2.45, 2.75) is 32.7 Å². The van der Waals surface area contributed by atoms with Gasteiger partial charge in [-0.2, -0.15) is 0 Å². The Morgan fingerprint density at radius 1 is 1.39 bits per heavy atom. The van der Waals surface area contributed by atoms with Gasteiger partial charge in [-0.25, -0.2) is 0 Å². The van der Waals surface area contributed by atoms with Crippen molar-refractivity contribution in [1.29, 1.82) is 0 Å². The summed E-state index contributed by atoms with van der Waals surface area (Å²) in [5, 5.41) is 2.80. The topological polar surface area (TPSA) is 64.3 Å². The van der Waals surface area contributed by atoms with Gasteiger partial charge >= 0.3 is 0 Å². The van der Waals surface area contributed by atoms with Crippen LogP contribution in [0.25, 0.3) is 0 Å². The quantitative estimate of drug-likeness (QED) is 0.727. The summed E-state index contributed by atoms with van der Waals surface area (Å²) in [5.41, 5.74) is 6.80. The summed E-state index contributed by atoms with van der Waals surface area (Å²) >= 11 is 0. The second-order valence-corrected chi connectivity index (χ2v) is 4.35. The number of amides is 1. The highest BCUT2D eigenvalue weighted by atomic mass is 16.5. The molecule has 0 unspecified atom stereocenters. The highest BCUT2D eigenvalue weighted by Crippen LogP contribution is 2.15. The van der Waals surface area contributed by atoms with Crippen LogP contribution in [-0.2, 0) is 4.79 Å². The van der Waals surface area contributed by atoms with Crippen molar-refractivity contribution in [3.05, 3.63) is 29.8 Å². The number of rotatable bonds is 7. The molecule has 0 heterocycles. The average Bonchev–Trinajstić information content (AvgIpc) is 2.37. The predicted octanol–water partition coefficient (Wildman–Crippen LogP) is 2.00. The first-order valence-electron chi connectivity index (χ1n) is 6.38. The molecule has 4 heteroatoms. The second-order valence-electron chi connectivity index (χ2n) is 4.35. The fraction of sp³-hybridized carbons (Fsp3) is 0.500. The summed E-state index contributed by atoms with van der Waals surface area (Å²) in [5.74, 6) is 0.602. The van der Waals surface area contributed by atoms with E-state index in [1.165, 1.54) is 0 Å². The van der Waals surface area contributed by atoms with Gasteiger partial charge in [-0.15, -0.1) is 0 Å². The second kappa shape index (κ2) is 7.71. The Morgan fingerprint density at radius 2 is 2.06 bits per heavy atom. The minimum Gasteiger partial charge on any atom is -0.484 e. The van der Waals surface area contributed by atoms with E-state index in [1.54, 1.807) is 0 Å². The van der Waals surface area contributed by atoms with Crippen molar-refractivity contribution >= 4 is 5.91 Å². The van der Waals surface area contributed by atoms with Crippen LogP contribution in [0.2, 0.25) is 0 Å². The first-order chi connectivity index (χ1) is 8.63. The number of nitrogens with one attached hydrogen (secondary N) is 1. The molecule has 0 aliphatic rings. The molecule has 100 valence electrons. The van der Waals surface area contributed by atoms with Crippen molar-refractivity contribution in [3.63, 3.8) is 0 Å². The van der Waals surface area contributed by atoms with Gasteiger partial charge in [0.15, 0.2) is 6.61 Å². The van der Waals surface area contributed by atoms with E-state index in [4.69, 9.17) is 10.5 Å². The molecular weight excluding hydrogens is 228 g/mol. The first-order valence-corrected chi connectivity index (χ1v) is 6.38. The Kier molecular flexibility index (Phi) is 6.22. The number of nitrogens with two attached hydrogens (primary N) is 1. The van der Waals surface area contributed by atoms with Crippen LogP contribution >= 0.6 is 0 Å². The van der Waals surface area contributed by atoms with Gasteiger partial charge in [-0.05, 0) is 31.0 Å². The monoisotopic (exact) mass is 250 g/mol. The van der Waals surface area contributed by atoms with E-state index in [0.717, 1.165) is 18.4 Å². The van der Waals surface area contributed by atoms with E-state index < -0.39 is 0 Å². The SMILES string of the molecule is CCCCNC(=O)COc1ccc([C@H](C)N)cc1. The van der Waals surface area contributed by atoms with Crippen LogP contribution in [0.4, 0.5) is 0 Å². The van der Waals surface area contributed by atoms with Gasteiger partial charge in [-0.1, -0.05) is 25.5 Å². The molecule has 1 aromatic rings. The van der Waals surface area contributed by atoms with Crippen molar-refractivity contribution in [2.75, 3.05) is 13.2 Å². The van der Waals surface area contributed by atoms with Crippen molar-refractivity contribution in [2.24, 2.45) is 5.73 Å². The van der Waals surface area contributed by atoms with Crippen LogP contribution in [0.3, 0.4) is 0 Å². The minimum atomic E-state index is -0.0836. The van der Waals surface area contributed by atoms with Crippen LogP contribution in [0.1, 0.15) is 38.3 Å². The summed E-state index contributed by atoms with van der Waals surface area (Å²) < 4.78 is 5.38. The predicted molar refractivity (Wildman–Crippen MR) is 72.5 cm³/mol.